The number of amides is 1. The Hall–Kier alpha value is -3.25. The minimum absolute atomic E-state index is 0.0994. The average Bonchev–Trinajstić information content (AvgIpc) is 3.57. The molecule has 1 aliphatic rings. The minimum atomic E-state index is -0.972. The number of carbonyl (C=O) groups excluding carboxylic acids is 1. The maximum Gasteiger partial charge on any atom is 0.243 e. The normalized spacial score (nSPS) is 14.5. The van der Waals surface area contributed by atoms with E-state index in [0.717, 1.165) is 30.5 Å². The molecule has 1 amide bonds. The molecule has 0 spiro atoms. The van der Waals surface area contributed by atoms with Gasteiger partial charge < -0.3 is 9.88 Å². The highest BCUT2D eigenvalue weighted by Crippen LogP contribution is 2.43. The number of nitrogens with one attached hydrogen (secondary N) is 1. The quantitative estimate of drug-likeness (QED) is 0.396. The Morgan fingerprint density at radius 3 is 2.44 bits per heavy atom. The van der Waals surface area contributed by atoms with Gasteiger partial charge in [-0.1, -0.05) is 41.9 Å². The first-order valence-corrected chi connectivity index (χ1v) is 10.8. The number of hydrogen-bond donors (Lipinski definition) is 1. The molecule has 4 nitrogen and oxygen atoms in total. The highest BCUT2D eigenvalue weighted by molar-refractivity contribution is 6.30. The zero-order valence-electron chi connectivity index (χ0n) is 17.1. The van der Waals surface area contributed by atoms with Gasteiger partial charge in [-0.2, -0.15) is 0 Å². The molecule has 4 aromatic rings. The van der Waals surface area contributed by atoms with Crippen molar-refractivity contribution in [2.75, 3.05) is 0 Å². The molecule has 0 saturated heterocycles. The van der Waals surface area contributed by atoms with Crippen molar-refractivity contribution in [3.05, 3.63) is 89.0 Å². The van der Waals surface area contributed by atoms with Crippen molar-refractivity contribution in [1.29, 1.82) is 0 Å². The summed E-state index contributed by atoms with van der Waals surface area (Å²) < 4.78 is 29.9. The van der Waals surface area contributed by atoms with E-state index in [2.05, 4.69) is 10.3 Å². The van der Waals surface area contributed by atoms with Crippen LogP contribution in [-0.4, -0.2) is 15.5 Å². The highest BCUT2D eigenvalue weighted by Gasteiger charge is 2.39. The minimum Gasteiger partial charge on any atom is -0.350 e. The van der Waals surface area contributed by atoms with Crippen LogP contribution >= 0.6 is 11.6 Å². The Morgan fingerprint density at radius 2 is 1.75 bits per heavy atom. The molecule has 0 bridgehead atoms. The summed E-state index contributed by atoms with van der Waals surface area (Å²) in [6, 6.07) is 18.3. The van der Waals surface area contributed by atoms with Crippen molar-refractivity contribution in [2.24, 2.45) is 5.92 Å². The van der Waals surface area contributed by atoms with Crippen LogP contribution in [0.1, 0.15) is 24.4 Å². The van der Waals surface area contributed by atoms with Crippen molar-refractivity contribution in [3.8, 4) is 11.4 Å². The van der Waals surface area contributed by atoms with Crippen LogP contribution in [0, 0.1) is 17.6 Å². The van der Waals surface area contributed by atoms with Gasteiger partial charge in [-0.3, -0.25) is 4.79 Å². The summed E-state index contributed by atoms with van der Waals surface area (Å²) in [5.41, 5.74) is 2.39. The van der Waals surface area contributed by atoms with Gasteiger partial charge in [0.15, 0.2) is 11.6 Å². The topological polar surface area (TPSA) is 46.9 Å². The van der Waals surface area contributed by atoms with Crippen LogP contribution in [0.3, 0.4) is 0 Å². The Labute approximate surface area is 188 Å². The molecule has 1 fully saturated rings. The Bertz CT molecular complexity index is 1280. The molecule has 1 aliphatic carbocycles. The van der Waals surface area contributed by atoms with E-state index in [1.54, 1.807) is 28.8 Å². The van der Waals surface area contributed by atoms with E-state index in [4.69, 9.17) is 11.6 Å². The summed E-state index contributed by atoms with van der Waals surface area (Å²) in [6.45, 7) is 0.384. The Morgan fingerprint density at radius 1 is 1.06 bits per heavy atom. The molecule has 32 heavy (non-hydrogen) atoms. The van der Waals surface area contributed by atoms with E-state index in [0.29, 0.717) is 34.0 Å². The molecule has 1 saturated carbocycles. The Balaban J connectivity index is 1.60. The number of nitrogens with zero attached hydrogens (tertiary/aromatic N) is 2. The predicted molar refractivity (Wildman–Crippen MR) is 120 cm³/mol. The molecule has 7 heteroatoms. The van der Waals surface area contributed by atoms with Crippen molar-refractivity contribution < 1.29 is 13.6 Å². The van der Waals surface area contributed by atoms with Crippen LogP contribution < -0.4 is 5.32 Å². The fourth-order valence-electron chi connectivity index (χ4n) is 4.02. The number of halogens is 3. The number of benzene rings is 3. The van der Waals surface area contributed by atoms with Crippen molar-refractivity contribution in [2.45, 2.75) is 25.4 Å². The molecule has 1 aromatic heterocycles. The van der Waals surface area contributed by atoms with Gasteiger partial charge >= 0.3 is 0 Å². The van der Waals surface area contributed by atoms with Gasteiger partial charge in [0.25, 0.3) is 0 Å². The second-order valence-electron chi connectivity index (χ2n) is 8.05. The number of fused-ring (bicyclic) bond motifs is 1. The molecule has 3 aromatic carbocycles. The summed E-state index contributed by atoms with van der Waals surface area (Å²) in [7, 11) is 0. The maximum atomic E-state index is 14.2. The van der Waals surface area contributed by atoms with Crippen LogP contribution in [0.25, 0.3) is 22.4 Å². The van der Waals surface area contributed by atoms with Crippen LogP contribution in [-0.2, 0) is 11.3 Å². The number of hydrogen-bond acceptors (Lipinski definition) is 2. The summed E-state index contributed by atoms with van der Waals surface area (Å²) in [5.74, 6) is -1.53. The number of carbonyl (C=O) groups is 1. The van der Waals surface area contributed by atoms with E-state index in [1.807, 2.05) is 30.3 Å². The molecule has 1 unspecified atom stereocenters. The lowest BCUT2D eigenvalue weighted by Crippen LogP contribution is -2.33. The zero-order chi connectivity index (χ0) is 22.2. The van der Waals surface area contributed by atoms with Gasteiger partial charge in [-0.25, -0.2) is 13.8 Å². The molecule has 162 valence electrons. The monoisotopic (exact) mass is 451 g/mol. The molecule has 0 radical (unpaired) electrons. The maximum absolute atomic E-state index is 14.2. The SMILES string of the molecule is O=C(NCc1ccccc1)C(C1CC1)n1c(-c2ccc(Cl)cc2)nc2cc(F)c(F)cc21. The smallest absolute Gasteiger partial charge is 0.243 e. The van der Waals surface area contributed by atoms with Crippen molar-refractivity contribution in [3.63, 3.8) is 0 Å². The number of imidazole rings is 1. The summed E-state index contributed by atoms with van der Waals surface area (Å²) in [6.07, 6.45) is 1.76. The fraction of sp³-hybridized carbons (Fsp3) is 0.200. The average molecular weight is 452 g/mol. The van der Waals surface area contributed by atoms with Gasteiger partial charge in [0.05, 0.1) is 11.0 Å². The van der Waals surface area contributed by atoms with Crippen LogP contribution in [0.15, 0.2) is 66.7 Å². The fourth-order valence-corrected chi connectivity index (χ4v) is 4.14. The molecular formula is C25H20ClF2N3O. The zero-order valence-corrected chi connectivity index (χ0v) is 17.8. The largest absolute Gasteiger partial charge is 0.350 e. The number of aromatic nitrogens is 2. The van der Waals surface area contributed by atoms with Gasteiger partial charge in [-0.15, -0.1) is 0 Å². The molecule has 0 aliphatic heterocycles. The van der Waals surface area contributed by atoms with E-state index >= 15 is 0 Å². The molecule has 1 heterocycles. The summed E-state index contributed by atoms with van der Waals surface area (Å²) >= 11 is 6.04. The van der Waals surface area contributed by atoms with Crippen molar-refractivity contribution >= 4 is 28.5 Å². The highest BCUT2D eigenvalue weighted by atomic mass is 35.5. The summed E-state index contributed by atoms with van der Waals surface area (Å²) in [5, 5.41) is 3.57. The molecule has 1 atom stereocenters. The number of rotatable bonds is 6. The van der Waals surface area contributed by atoms with Crippen molar-refractivity contribution in [1.82, 2.24) is 14.9 Å². The summed E-state index contributed by atoms with van der Waals surface area (Å²) in [4.78, 5) is 18.0. The standard InChI is InChI=1S/C25H20ClF2N3O/c26-18-10-8-17(9-11-18)24-30-21-12-19(27)20(28)13-22(21)31(24)23(16-6-7-16)25(32)29-14-15-4-2-1-3-5-15/h1-5,8-13,16,23H,6-7,14H2,(H,29,32). The second kappa shape index (κ2) is 8.36. The third kappa shape index (κ3) is 3.98. The lowest BCUT2D eigenvalue weighted by Gasteiger charge is -2.21. The van der Waals surface area contributed by atoms with E-state index in [-0.39, 0.29) is 11.8 Å². The van der Waals surface area contributed by atoms with Gasteiger partial charge in [-0.05, 0) is 48.6 Å². The lowest BCUT2D eigenvalue weighted by molar-refractivity contribution is -0.125. The molecular weight excluding hydrogens is 432 g/mol. The first-order chi connectivity index (χ1) is 15.5. The molecule has 5 rings (SSSR count). The Kier molecular flexibility index (Phi) is 5.39. The second-order valence-corrected chi connectivity index (χ2v) is 8.49. The van der Waals surface area contributed by atoms with Crippen LogP contribution in [0.5, 0.6) is 0 Å². The first kappa shape index (κ1) is 20.6. The van der Waals surface area contributed by atoms with E-state index in [9.17, 15) is 13.6 Å². The van der Waals surface area contributed by atoms with Gasteiger partial charge in [0, 0.05) is 29.3 Å². The van der Waals surface area contributed by atoms with Gasteiger partial charge in [0.1, 0.15) is 11.9 Å². The van der Waals surface area contributed by atoms with Crippen LogP contribution in [0.4, 0.5) is 8.78 Å². The molecule has 1 N–H and O–H groups in total. The van der Waals surface area contributed by atoms with E-state index < -0.39 is 17.7 Å². The third-order valence-electron chi connectivity index (χ3n) is 5.76. The third-order valence-corrected chi connectivity index (χ3v) is 6.01. The predicted octanol–water partition coefficient (Wildman–Crippen LogP) is 5.90. The van der Waals surface area contributed by atoms with Crippen LogP contribution in [0.2, 0.25) is 5.02 Å². The van der Waals surface area contributed by atoms with Gasteiger partial charge in [0.2, 0.25) is 5.91 Å². The first-order valence-electron chi connectivity index (χ1n) is 10.5. The lowest BCUT2D eigenvalue weighted by atomic mass is 10.1. The van der Waals surface area contributed by atoms with E-state index in [1.165, 1.54) is 0 Å².